The Labute approximate surface area is 561 Å². The minimum Gasteiger partial charge on any atom is -0.370 e. The van der Waals surface area contributed by atoms with Crippen molar-refractivity contribution in [1.29, 1.82) is 0 Å². The summed E-state index contributed by atoms with van der Waals surface area (Å²) in [5.41, 5.74) is 41.0. The summed E-state index contributed by atoms with van der Waals surface area (Å²) in [4.78, 5) is 186. The summed E-state index contributed by atoms with van der Waals surface area (Å²) in [5.74, 6) is -10.9. The van der Waals surface area contributed by atoms with Crippen LogP contribution in [0, 0.1) is 23.7 Å². The number of hydrogen-bond donors (Lipinski definition) is 11. The maximum absolute atomic E-state index is 14.8. The first kappa shape index (κ1) is 79.3. The third-order valence-electron chi connectivity index (χ3n) is 17.2. The molecule has 0 radical (unpaired) electrons. The van der Waals surface area contributed by atoms with Crippen LogP contribution in [0.25, 0.3) is 0 Å². The molecule has 9 amide bonds. The number of carbonyl (C=O) groups excluding carboxylic acids is 13. The molecule has 524 valence electrons. The monoisotopic (exact) mass is 1340 g/mol. The van der Waals surface area contributed by atoms with Gasteiger partial charge in [0.25, 0.3) is 0 Å². The minimum absolute atomic E-state index is 0.0103. The van der Waals surface area contributed by atoms with Crippen LogP contribution in [0.4, 0.5) is 0 Å². The SMILES string of the molecule is CSCCC(CC(=O)[C@H](CC(C)C)NC(=O)CCC(=O)[C@H](Cc1ccccc1)NC(=O)[C@@H](CC(=O)[C@H](CCC(N)=O)NC(=O)[C@H](CCC(N)=O)CC(=O)[C@@H]1CCCN1C(=O)[C@H](CCCCN)NC(=O)[C@@H]1CCCN1C(=O)[C@@H](N)CCCN=C(N)N)Cc1ccccc1)C(N)=O. The standard InChI is InChI=1S/C67H102N14O13S/c1-41(2)35-50(56(84)38-44(61(72)89)29-34-95-3)76-60(88)28-25-54(82)51(37-43-17-8-5-9-18-43)79-63(91)46(36-42-15-6-4-7-16-42)40-55(83)48(24-27-59(71)87)77-62(90)45(23-26-58(70)86)39-57(85)52-21-13-32-80(52)66(94)49(20-10-11-30-68)78-64(92)53-22-14-33-81(53)65(93)47(69)19-12-31-75-67(73)74/h4-9,15-18,41,44-53H,10-14,19-40,68-69H2,1-3H3,(H2,70,86)(H2,71,87)(H2,72,89)(H,76,88)(H,77,90)(H,78,92)(H,79,91)(H4,73,74,75)/t44?,45-,46-,47+,48+,49+,50+,51+,52+,53+/m1/s1. The highest BCUT2D eigenvalue weighted by Gasteiger charge is 2.42. The fraction of sp³-hybridized carbons (Fsp3) is 0.612. The first-order chi connectivity index (χ1) is 45.2. The van der Waals surface area contributed by atoms with Crippen LogP contribution in [-0.4, -0.2) is 173 Å². The Hall–Kier alpha value is -8.11. The molecule has 0 spiro atoms. The Kier molecular flexibility index (Phi) is 34.8. The van der Waals surface area contributed by atoms with E-state index >= 15 is 0 Å². The second-order valence-corrected chi connectivity index (χ2v) is 26.3. The van der Waals surface area contributed by atoms with Crippen LogP contribution >= 0.6 is 11.8 Å². The lowest BCUT2D eigenvalue weighted by molar-refractivity contribution is -0.144. The lowest BCUT2D eigenvalue weighted by Gasteiger charge is -2.31. The number of guanidine groups is 1. The van der Waals surface area contributed by atoms with Gasteiger partial charge in [0.2, 0.25) is 53.2 Å². The lowest BCUT2D eigenvalue weighted by atomic mass is 9.88. The van der Waals surface area contributed by atoms with E-state index in [-0.39, 0.29) is 114 Å². The van der Waals surface area contributed by atoms with E-state index in [0.717, 1.165) is 0 Å². The van der Waals surface area contributed by atoms with Gasteiger partial charge in [0.1, 0.15) is 12.1 Å². The molecule has 28 heteroatoms. The normalized spacial score (nSPS) is 17.0. The summed E-state index contributed by atoms with van der Waals surface area (Å²) in [7, 11) is 0. The van der Waals surface area contributed by atoms with E-state index in [9.17, 15) is 62.3 Å². The third-order valence-corrected chi connectivity index (χ3v) is 17.9. The molecule has 2 aromatic carbocycles. The lowest BCUT2D eigenvalue weighted by Crippen LogP contribution is -2.56. The Morgan fingerprint density at radius 3 is 1.72 bits per heavy atom. The molecule has 2 fully saturated rings. The molecule has 2 heterocycles. The van der Waals surface area contributed by atoms with Gasteiger partial charge in [-0.2, -0.15) is 11.8 Å². The largest absolute Gasteiger partial charge is 0.370 e. The van der Waals surface area contributed by atoms with Gasteiger partial charge in [0.15, 0.2) is 29.1 Å². The van der Waals surface area contributed by atoms with E-state index in [4.69, 9.17) is 40.1 Å². The van der Waals surface area contributed by atoms with Gasteiger partial charge < -0.3 is 71.2 Å². The number of benzene rings is 2. The van der Waals surface area contributed by atoms with Crippen LogP contribution in [-0.2, 0) is 75.2 Å². The summed E-state index contributed by atoms with van der Waals surface area (Å²) in [6.07, 6.45) is 2.37. The maximum Gasteiger partial charge on any atom is 0.245 e. The number of nitrogens with two attached hydrogens (primary N) is 7. The first-order valence-corrected chi connectivity index (χ1v) is 34.5. The number of likely N-dealkylation sites (tertiary alicyclic amines) is 2. The average molecular weight is 1340 g/mol. The molecule has 2 aliphatic heterocycles. The van der Waals surface area contributed by atoms with Crippen LogP contribution in [0.2, 0.25) is 0 Å². The molecule has 2 saturated heterocycles. The van der Waals surface area contributed by atoms with Crippen molar-refractivity contribution < 1.29 is 62.3 Å². The van der Waals surface area contributed by atoms with E-state index in [0.29, 0.717) is 68.4 Å². The number of primary amides is 3. The van der Waals surface area contributed by atoms with E-state index in [1.807, 2.05) is 20.1 Å². The smallest absolute Gasteiger partial charge is 0.245 e. The Balaban J connectivity index is 1.56. The van der Waals surface area contributed by atoms with Crippen LogP contribution in [0.5, 0.6) is 0 Å². The number of carbonyl (C=O) groups is 13. The van der Waals surface area contributed by atoms with Gasteiger partial charge in [0.05, 0.1) is 30.2 Å². The van der Waals surface area contributed by atoms with Crippen molar-refractivity contribution in [3.63, 3.8) is 0 Å². The number of unbranched alkanes of at least 4 members (excludes halogenated alkanes) is 1. The minimum atomic E-state index is -1.48. The van der Waals surface area contributed by atoms with Gasteiger partial charge in [0, 0.05) is 82.3 Å². The zero-order chi connectivity index (χ0) is 70.1. The van der Waals surface area contributed by atoms with E-state index in [2.05, 4.69) is 26.3 Å². The van der Waals surface area contributed by atoms with Crippen molar-refractivity contribution in [2.75, 3.05) is 38.2 Å². The molecule has 0 aliphatic carbocycles. The molecular formula is C67H102N14O13S. The number of rotatable bonds is 46. The number of Topliss-reactive ketones (excluding diaryl/α,β-unsaturated/α-hetero) is 4. The van der Waals surface area contributed by atoms with Crippen molar-refractivity contribution in [2.45, 2.75) is 197 Å². The summed E-state index contributed by atoms with van der Waals surface area (Å²) in [6.45, 7) is 4.71. The highest BCUT2D eigenvalue weighted by Crippen LogP contribution is 2.27. The zero-order valence-electron chi connectivity index (χ0n) is 55.3. The van der Waals surface area contributed by atoms with Crippen LogP contribution in [0.15, 0.2) is 65.7 Å². The van der Waals surface area contributed by atoms with Crippen LogP contribution in [0.3, 0.4) is 0 Å². The summed E-state index contributed by atoms with van der Waals surface area (Å²) >= 11 is 1.51. The van der Waals surface area contributed by atoms with E-state index < -0.39 is 150 Å². The van der Waals surface area contributed by atoms with Crippen LogP contribution in [0.1, 0.15) is 153 Å². The van der Waals surface area contributed by atoms with Crippen molar-refractivity contribution in [1.82, 2.24) is 31.1 Å². The molecule has 0 aromatic heterocycles. The first-order valence-electron chi connectivity index (χ1n) is 33.1. The van der Waals surface area contributed by atoms with Gasteiger partial charge in [-0.25, -0.2) is 0 Å². The molecule has 2 aromatic rings. The summed E-state index contributed by atoms with van der Waals surface area (Å²) in [5, 5.41) is 11.1. The highest BCUT2D eigenvalue weighted by molar-refractivity contribution is 7.98. The van der Waals surface area contributed by atoms with Gasteiger partial charge in [-0.1, -0.05) is 74.5 Å². The number of amides is 9. The van der Waals surface area contributed by atoms with Crippen molar-refractivity contribution in [3.8, 4) is 0 Å². The molecule has 4 rings (SSSR count). The maximum atomic E-state index is 14.8. The quantitative estimate of drug-likeness (QED) is 0.0248. The summed E-state index contributed by atoms with van der Waals surface area (Å²) < 4.78 is 0. The van der Waals surface area contributed by atoms with Crippen molar-refractivity contribution in [2.24, 2.45) is 68.8 Å². The number of ketones is 4. The molecule has 2 aliphatic rings. The molecular weight excluding hydrogens is 1240 g/mol. The second kappa shape index (κ2) is 41.7. The molecule has 95 heavy (non-hydrogen) atoms. The van der Waals surface area contributed by atoms with Gasteiger partial charge in [-0.3, -0.25) is 67.3 Å². The molecule has 0 saturated carbocycles. The van der Waals surface area contributed by atoms with E-state index in [1.54, 1.807) is 60.7 Å². The topological polar surface area (TPSA) is 471 Å². The Morgan fingerprint density at radius 1 is 0.558 bits per heavy atom. The second-order valence-electron chi connectivity index (χ2n) is 25.3. The van der Waals surface area contributed by atoms with Gasteiger partial charge in [-0.15, -0.1) is 0 Å². The Bertz CT molecular complexity index is 2950. The highest BCUT2D eigenvalue weighted by atomic mass is 32.2. The number of nitrogens with zero attached hydrogens (tertiary/aromatic N) is 3. The molecule has 0 bridgehead atoms. The predicted octanol–water partition coefficient (Wildman–Crippen LogP) is 0.794. The van der Waals surface area contributed by atoms with Crippen molar-refractivity contribution in [3.05, 3.63) is 71.8 Å². The Morgan fingerprint density at radius 2 is 1.13 bits per heavy atom. The fourth-order valence-electron chi connectivity index (χ4n) is 12.0. The van der Waals surface area contributed by atoms with E-state index in [1.165, 1.54) is 21.6 Å². The van der Waals surface area contributed by atoms with Crippen LogP contribution < -0.4 is 61.4 Å². The van der Waals surface area contributed by atoms with Gasteiger partial charge >= 0.3 is 0 Å². The third kappa shape index (κ3) is 28.0. The zero-order valence-corrected chi connectivity index (χ0v) is 56.1. The molecule has 10 atom stereocenters. The number of hydrogen-bond acceptors (Lipinski definition) is 17. The molecule has 1 unspecified atom stereocenters. The molecule has 18 N–H and O–H groups in total. The number of nitrogens with one attached hydrogen (secondary N) is 4. The fourth-order valence-corrected chi connectivity index (χ4v) is 12.5. The van der Waals surface area contributed by atoms with Gasteiger partial charge in [-0.05, 0) is 132 Å². The number of aliphatic imine (C=N–C) groups is 1. The average Bonchev–Trinajstić information content (AvgIpc) is 1.81. The van der Waals surface area contributed by atoms with Crippen molar-refractivity contribution >= 4 is 94.0 Å². The predicted molar refractivity (Wildman–Crippen MR) is 360 cm³/mol. The summed E-state index contributed by atoms with van der Waals surface area (Å²) in [6, 6.07) is 9.80. The number of thioether (sulfide) groups is 1. The molecule has 27 nitrogen and oxygen atoms in total.